The minimum atomic E-state index is 0.184. The standard InChI is InChI=1S/C16H24N2O/c1-12(2)19-16-9-14(10-17-11-16)13(3)5-4-8-18-15-6-7-15/h5,9-12,15,18H,4,6-8H2,1-3H3/b13-5+. The average molecular weight is 260 g/mol. The maximum absolute atomic E-state index is 5.67. The quantitative estimate of drug-likeness (QED) is 0.763. The number of nitrogens with zero attached hydrogens (tertiary/aromatic N) is 1. The van der Waals surface area contributed by atoms with Crippen LogP contribution in [0.5, 0.6) is 5.75 Å². The summed E-state index contributed by atoms with van der Waals surface area (Å²) in [5.41, 5.74) is 2.41. The smallest absolute Gasteiger partial charge is 0.138 e. The van der Waals surface area contributed by atoms with E-state index in [1.165, 1.54) is 18.4 Å². The lowest BCUT2D eigenvalue weighted by atomic mass is 10.1. The van der Waals surface area contributed by atoms with E-state index >= 15 is 0 Å². The topological polar surface area (TPSA) is 34.2 Å². The van der Waals surface area contributed by atoms with E-state index in [0.717, 1.165) is 30.3 Å². The molecule has 1 aromatic rings. The molecule has 0 amide bonds. The van der Waals surface area contributed by atoms with Gasteiger partial charge in [-0.05, 0) is 63.8 Å². The highest BCUT2D eigenvalue weighted by Crippen LogP contribution is 2.20. The summed E-state index contributed by atoms with van der Waals surface area (Å²) in [5.74, 6) is 0.844. The van der Waals surface area contributed by atoms with Crippen LogP contribution in [0.25, 0.3) is 5.57 Å². The molecule has 1 saturated carbocycles. The fraction of sp³-hybridized carbons (Fsp3) is 0.562. The Kier molecular flexibility index (Phi) is 4.97. The van der Waals surface area contributed by atoms with Crippen molar-refractivity contribution in [2.45, 2.75) is 52.2 Å². The van der Waals surface area contributed by atoms with E-state index in [2.05, 4.69) is 29.4 Å². The number of allylic oxidation sites excluding steroid dienone is 1. The van der Waals surface area contributed by atoms with Gasteiger partial charge in [0.25, 0.3) is 0 Å². The highest BCUT2D eigenvalue weighted by molar-refractivity contribution is 5.63. The van der Waals surface area contributed by atoms with Gasteiger partial charge in [0, 0.05) is 12.2 Å². The molecule has 2 rings (SSSR count). The summed E-state index contributed by atoms with van der Waals surface area (Å²) in [5, 5.41) is 3.52. The lowest BCUT2D eigenvalue weighted by molar-refractivity contribution is 0.241. The summed E-state index contributed by atoms with van der Waals surface area (Å²) >= 11 is 0. The molecule has 1 aromatic heterocycles. The van der Waals surface area contributed by atoms with Gasteiger partial charge in [0.1, 0.15) is 5.75 Å². The van der Waals surface area contributed by atoms with Crippen molar-refractivity contribution in [2.24, 2.45) is 0 Å². The van der Waals surface area contributed by atoms with Gasteiger partial charge in [-0.3, -0.25) is 4.98 Å². The highest BCUT2D eigenvalue weighted by atomic mass is 16.5. The molecule has 0 radical (unpaired) electrons. The first-order chi connectivity index (χ1) is 9.15. The molecule has 3 nitrogen and oxygen atoms in total. The molecule has 1 aliphatic rings. The van der Waals surface area contributed by atoms with Crippen LogP contribution in [0.1, 0.15) is 45.6 Å². The first-order valence-electron chi connectivity index (χ1n) is 7.17. The predicted molar refractivity (Wildman–Crippen MR) is 79.3 cm³/mol. The molecule has 0 atom stereocenters. The first-order valence-corrected chi connectivity index (χ1v) is 7.17. The summed E-state index contributed by atoms with van der Waals surface area (Å²) in [6.45, 7) is 7.25. The third-order valence-corrected chi connectivity index (χ3v) is 3.15. The Bertz CT molecular complexity index is 436. The van der Waals surface area contributed by atoms with Gasteiger partial charge < -0.3 is 10.1 Å². The summed E-state index contributed by atoms with van der Waals surface area (Å²) < 4.78 is 5.67. The Balaban J connectivity index is 1.88. The molecule has 0 bridgehead atoms. The highest BCUT2D eigenvalue weighted by Gasteiger charge is 2.19. The van der Waals surface area contributed by atoms with Crippen molar-refractivity contribution in [2.75, 3.05) is 6.54 Å². The third kappa shape index (κ3) is 5.03. The van der Waals surface area contributed by atoms with Crippen LogP contribution < -0.4 is 10.1 Å². The van der Waals surface area contributed by atoms with Gasteiger partial charge in [0.05, 0.1) is 12.3 Å². The van der Waals surface area contributed by atoms with Crippen LogP contribution in [0.3, 0.4) is 0 Å². The maximum Gasteiger partial charge on any atom is 0.138 e. The van der Waals surface area contributed by atoms with Gasteiger partial charge in [0.15, 0.2) is 0 Å². The summed E-state index contributed by atoms with van der Waals surface area (Å²) in [7, 11) is 0. The molecule has 0 saturated heterocycles. The maximum atomic E-state index is 5.67. The Morgan fingerprint density at radius 3 is 2.95 bits per heavy atom. The number of nitrogens with one attached hydrogen (secondary N) is 1. The van der Waals surface area contributed by atoms with Gasteiger partial charge in [-0.25, -0.2) is 0 Å². The summed E-state index contributed by atoms with van der Waals surface area (Å²) in [6.07, 6.45) is 9.88. The second-order valence-electron chi connectivity index (χ2n) is 5.48. The Morgan fingerprint density at radius 2 is 2.26 bits per heavy atom. The minimum absolute atomic E-state index is 0.184. The van der Waals surface area contributed by atoms with Gasteiger partial charge in [-0.1, -0.05) is 6.08 Å². The molecular weight excluding hydrogens is 236 g/mol. The number of pyridine rings is 1. The van der Waals surface area contributed by atoms with Crippen molar-refractivity contribution < 1.29 is 4.74 Å². The monoisotopic (exact) mass is 260 g/mol. The van der Waals surface area contributed by atoms with E-state index in [1.54, 1.807) is 6.20 Å². The molecular formula is C16H24N2O. The van der Waals surface area contributed by atoms with Crippen LogP contribution in [0.15, 0.2) is 24.5 Å². The van der Waals surface area contributed by atoms with Crippen molar-refractivity contribution in [3.05, 3.63) is 30.1 Å². The van der Waals surface area contributed by atoms with E-state index in [-0.39, 0.29) is 6.10 Å². The van der Waals surface area contributed by atoms with Crippen LogP contribution >= 0.6 is 0 Å². The van der Waals surface area contributed by atoms with Crippen molar-refractivity contribution in [3.8, 4) is 5.75 Å². The fourth-order valence-corrected chi connectivity index (χ4v) is 1.95. The number of hydrogen-bond donors (Lipinski definition) is 1. The lowest BCUT2D eigenvalue weighted by Crippen LogP contribution is -2.16. The molecule has 0 unspecified atom stereocenters. The zero-order valence-electron chi connectivity index (χ0n) is 12.1. The van der Waals surface area contributed by atoms with E-state index < -0.39 is 0 Å². The molecule has 1 fully saturated rings. The van der Waals surface area contributed by atoms with Crippen molar-refractivity contribution in [1.29, 1.82) is 0 Å². The molecule has 0 aliphatic heterocycles. The Hall–Kier alpha value is -1.35. The second kappa shape index (κ2) is 6.71. The number of hydrogen-bond acceptors (Lipinski definition) is 3. The van der Waals surface area contributed by atoms with E-state index in [1.807, 2.05) is 20.0 Å². The SMILES string of the molecule is C/C(=C\CCNC1CC1)c1cncc(OC(C)C)c1. The van der Waals surface area contributed by atoms with Crippen LogP contribution in [-0.2, 0) is 0 Å². The third-order valence-electron chi connectivity index (χ3n) is 3.15. The van der Waals surface area contributed by atoms with E-state index in [9.17, 15) is 0 Å². The molecule has 19 heavy (non-hydrogen) atoms. The zero-order chi connectivity index (χ0) is 13.7. The zero-order valence-corrected chi connectivity index (χ0v) is 12.1. The first kappa shape index (κ1) is 14.1. The second-order valence-corrected chi connectivity index (χ2v) is 5.48. The van der Waals surface area contributed by atoms with E-state index in [4.69, 9.17) is 4.74 Å². The molecule has 104 valence electrons. The van der Waals surface area contributed by atoms with Gasteiger partial charge in [0.2, 0.25) is 0 Å². The van der Waals surface area contributed by atoms with Crippen molar-refractivity contribution >= 4 is 5.57 Å². The van der Waals surface area contributed by atoms with Crippen LogP contribution in [0, 0.1) is 0 Å². The van der Waals surface area contributed by atoms with Crippen LogP contribution in [0.2, 0.25) is 0 Å². The lowest BCUT2D eigenvalue weighted by Gasteiger charge is -2.10. The normalized spacial score (nSPS) is 15.9. The molecule has 1 N–H and O–H groups in total. The molecule has 1 aliphatic carbocycles. The van der Waals surface area contributed by atoms with Gasteiger partial charge >= 0.3 is 0 Å². The number of ether oxygens (including phenoxy) is 1. The Labute approximate surface area is 116 Å². The molecule has 0 spiro atoms. The van der Waals surface area contributed by atoms with Crippen molar-refractivity contribution in [3.63, 3.8) is 0 Å². The number of rotatable bonds is 7. The summed E-state index contributed by atoms with van der Waals surface area (Å²) in [6, 6.07) is 2.85. The molecule has 1 heterocycles. The van der Waals surface area contributed by atoms with Gasteiger partial charge in [-0.2, -0.15) is 0 Å². The van der Waals surface area contributed by atoms with Crippen LogP contribution in [-0.4, -0.2) is 23.7 Å². The van der Waals surface area contributed by atoms with Crippen molar-refractivity contribution in [1.82, 2.24) is 10.3 Å². The fourth-order valence-electron chi connectivity index (χ4n) is 1.95. The predicted octanol–water partition coefficient (Wildman–Crippen LogP) is 3.41. The van der Waals surface area contributed by atoms with E-state index in [0.29, 0.717) is 0 Å². The molecule has 3 heteroatoms. The average Bonchev–Trinajstić information content (AvgIpc) is 3.18. The molecule has 0 aromatic carbocycles. The minimum Gasteiger partial charge on any atom is -0.489 e. The number of aromatic nitrogens is 1. The van der Waals surface area contributed by atoms with Crippen LogP contribution in [0.4, 0.5) is 0 Å². The Morgan fingerprint density at radius 1 is 1.47 bits per heavy atom. The largest absolute Gasteiger partial charge is 0.489 e. The van der Waals surface area contributed by atoms with Gasteiger partial charge in [-0.15, -0.1) is 0 Å². The summed E-state index contributed by atoms with van der Waals surface area (Å²) in [4.78, 5) is 4.24.